The fraction of sp³-hybridized carbons (Fsp3) is 0.429. The van der Waals surface area contributed by atoms with Gasteiger partial charge in [-0.3, -0.25) is 19.4 Å². The third-order valence-corrected chi connectivity index (χ3v) is 4.60. The van der Waals surface area contributed by atoms with Crippen LogP contribution in [0.2, 0.25) is 0 Å². The van der Waals surface area contributed by atoms with Gasteiger partial charge in [0.1, 0.15) is 0 Å². The van der Waals surface area contributed by atoms with E-state index in [9.17, 15) is 9.59 Å². The minimum absolute atomic E-state index is 0.00445. The van der Waals surface area contributed by atoms with Gasteiger partial charge in [-0.05, 0) is 5.56 Å². The monoisotopic (exact) mass is 319 g/mol. The van der Waals surface area contributed by atoms with Crippen LogP contribution in [0.3, 0.4) is 0 Å². The van der Waals surface area contributed by atoms with Crippen LogP contribution in [0.5, 0.6) is 0 Å². The second kappa shape index (κ2) is 5.98. The van der Waals surface area contributed by atoms with Gasteiger partial charge in [0.2, 0.25) is 5.91 Å². The summed E-state index contributed by atoms with van der Waals surface area (Å²) in [6, 6.07) is 1.61. The fourth-order valence-corrected chi connectivity index (χ4v) is 3.10. The van der Waals surface area contributed by atoms with Crippen molar-refractivity contribution in [2.75, 3.05) is 25.0 Å². The molecule has 1 aliphatic rings. The highest BCUT2D eigenvalue weighted by molar-refractivity contribution is 7.13. The Kier molecular flexibility index (Phi) is 4.04. The molecule has 0 saturated heterocycles. The summed E-state index contributed by atoms with van der Waals surface area (Å²) < 4.78 is 1.36. The largest absolute Gasteiger partial charge is 0.290 e. The second-order valence-corrected chi connectivity index (χ2v) is 6.18. The van der Waals surface area contributed by atoms with Gasteiger partial charge in [0, 0.05) is 51.2 Å². The number of anilines is 1. The highest BCUT2D eigenvalue weighted by Crippen LogP contribution is 2.18. The Morgan fingerprint density at radius 2 is 2.32 bits per heavy atom. The SMILES string of the molecule is CN(C(=O)CN1CCc2nn(C)c(=O)cc2C1)c1nccs1. The number of thiazole rings is 1. The van der Waals surface area contributed by atoms with Gasteiger partial charge < -0.3 is 0 Å². The maximum absolute atomic E-state index is 12.3. The third kappa shape index (κ3) is 2.93. The average molecular weight is 319 g/mol. The lowest BCUT2D eigenvalue weighted by Gasteiger charge is -2.28. The van der Waals surface area contributed by atoms with E-state index in [4.69, 9.17) is 0 Å². The van der Waals surface area contributed by atoms with E-state index in [0.717, 1.165) is 24.2 Å². The van der Waals surface area contributed by atoms with E-state index in [1.165, 1.54) is 16.0 Å². The first-order valence-corrected chi connectivity index (χ1v) is 7.87. The average Bonchev–Trinajstić information content (AvgIpc) is 3.02. The van der Waals surface area contributed by atoms with Crippen LogP contribution in [0.1, 0.15) is 11.3 Å². The molecule has 0 atom stereocenters. The number of nitrogens with zero attached hydrogens (tertiary/aromatic N) is 5. The zero-order valence-electron chi connectivity index (χ0n) is 12.5. The van der Waals surface area contributed by atoms with Crippen molar-refractivity contribution in [3.8, 4) is 0 Å². The number of aromatic nitrogens is 3. The first kappa shape index (κ1) is 14.9. The third-order valence-electron chi connectivity index (χ3n) is 3.76. The van der Waals surface area contributed by atoms with Crippen molar-refractivity contribution >= 4 is 22.4 Å². The molecule has 7 nitrogen and oxygen atoms in total. The number of amides is 1. The van der Waals surface area contributed by atoms with Crippen molar-refractivity contribution in [3.05, 3.63) is 39.3 Å². The summed E-state index contributed by atoms with van der Waals surface area (Å²) in [6.07, 6.45) is 2.43. The Morgan fingerprint density at radius 3 is 3.05 bits per heavy atom. The Bertz CT molecular complexity index is 740. The lowest BCUT2D eigenvalue weighted by Crippen LogP contribution is -2.41. The number of hydrogen-bond acceptors (Lipinski definition) is 6. The molecule has 2 aromatic rings. The molecule has 8 heteroatoms. The molecule has 0 saturated carbocycles. The molecule has 0 bridgehead atoms. The smallest absolute Gasteiger partial charge is 0.266 e. The number of likely N-dealkylation sites (N-methyl/N-ethyl adjacent to an activating group) is 1. The van der Waals surface area contributed by atoms with Crippen molar-refractivity contribution < 1.29 is 4.79 Å². The van der Waals surface area contributed by atoms with Crippen LogP contribution in [0.25, 0.3) is 0 Å². The van der Waals surface area contributed by atoms with Gasteiger partial charge in [0.05, 0.1) is 12.2 Å². The van der Waals surface area contributed by atoms with Crippen molar-refractivity contribution in [3.63, 3.8) is 0 Å². The number of rotatable bonds is 3. The summed E-state index contributed by atoms with van der Waals surface area (Å²) in [5, 5.41) is 6.81. The van der Waals surface area contributed by atoms with Crippen LogP contribution in [-0.2, 0) is 24.8 Å². The molecule has 0 aromatic carbocycles. The van der Waals surface area contributed by atoms with E-state index in [2.05, 4.69) is 10.1 Å². The first-order valence-electron chi connectivity index (χ1n) is 6.99. The van der Waals surface area contributed by atoms with E-state index >= 15 is 0 Å². The lowest BCUT2D eigenvalue weighted by atomic mass is 10.1. The molecule has 0 radical (unpaired) electrons. The van der Waals surface area contributed by atoms with Crippen LogP contribution in [-0.4, -0.2) is 45.7 Å². The Balaban J connectivity index is 1.69. The minimum Gasteiger partial charge on any atom is -0.290 e. The number of fused-ring (bicyclic) bond motifs is 1. The molecule has 0 fully saturated rings. The van der Waals surface area contributed by atoms with Crippen molar-refractivity contribution in [1.29, 1.82) is 0 Å². The Morgan fingerprint density at radius 1 is 1.50 bits per heavy atom. The van der Waals surface area contributed by atoms with Gasteiger partial charge in [-0.15, -0.1) is 11.3 Å². The number of hydrogen-bond donors (Lipinski definition) is 0. The summed E-state index contributed by atoms with van der Waals surface area (Å²) in [4.78, 5) is 31.7. The Hall–Kier alpha value is -2.06. The van der Waals surface area contributed by atoms with Gasteiger partial charge in [-0.2, -0.15) is 5.10 Å². The number of carbonyl (C=O) groups excluding carboxylic acids is 1. The molecule has 0 aliphatic carbocycles. The standard InChI is InChI=1S/C14H17N5O2S/c1-17(14-15-4-6-22-14)13(21)9-19-5-3-11-10(8-19)7-12(20)18(2)16-11/h4,6-7H,3,5,8-9H2,1-2H3. The van der Waals surface area contributed by atoms with Crippen molar-refractivity contribution in [2.24, 2.45) is 7.05 Å². The molecule has 3 heterocycles. The van der Waals surface area contributed by atoms with Gasteiger partial charge in [-0.25, -0.2) is 9.67 Å². The van der Waals surface area contributed by atoms with E-state index in [1.807, 2.05) is 10.3 Å². The summed E-state index contributed by atoms with van der Waals surface area (Å²) in [6.45, 7) is 1.65. The molecule has 1 aliphatic heterocycles. The Labute approximate surface area is 131 Å². The summed E-state index contributed by atoms with van der Waals surface area (Å²) >= 11 is 1.43. The molecular weight excluding hydrogens is 302 g/mol. The highest BCUT2D eigenvalue weighted by Gasteiger charge is 2.22. The highest BCUT2D eigenvalue weighted by atomic mass is 32.1. The van der Waals surface area contributed by atoms with Crippen LogP contribution in [0.4, 0.5) is 5.13 Å². The predicted molar refractivity (Wildman–Crippen MR) is 84.0 cm³/mol. The molecule has 116 valence electrons. The van der Waals surface area contributed by atoms with Crippen LogP contribution in [0.15, 0.2) is 22.4 Å². The molecule has 0 unspecified atom stereocenters. The van der Waals surface area contributed by atoms with Gasteiger partial charge in [-0.1, -0.05) is 0 Å². The zero-order chi connectivity index (χ0) is 15.7. The van der Waals surface area contributed by atoms with Crippen molar-refractivity contribution in [1.82, 2.24) is 19.7 Å². The molecule has 3 rings (SSSR count). The summed E-state index contributed by atoms with van der Waals surface area (Å²) in [7, 11) is 3.39. The van der Waals surface area contributed by atoms with Gasteiger partial charge in [0.15, 0.2) is 5.13 Å². The van der Waals surface area contributed by atoms with E-state index < -0.39 is 0 Å². The number of aryl methyl sites for hydroxylation is 1. The van der Waals surface area contributed by atoms with Gasteiger partial charge in [0.25, 0.3) is 5.56 Å². The number of carbonyl (C=O) groups is 1. The first-order chi connectivity index (χ1) is 10.5. The normalized spacial score (nSPS) is 14.6. The topological polar surface area (TPSA) is 71.3 Å². The molecule has 0 spiro atoms. The molecule has 1 amide bonds. The van der Waals surface area contributed by atoms with Crippen LogP contribution >= 0.6 is 11.3 Å². The van der Waals surface area contributed by atoms with E-state index in [0.29, 0.717) is 18.2 Å². The fourth-order valence-electron chi connectivity index (χ4n) is 2.47. The molecular formula is C14H17N5O2S. The van der Waals surface area contributed by atoms with Gasteiger partial charge >= 0.3 is 0 Å². The maximum Gasteiger partial charge on any atom is 0.266 e. The van der Waals surface area contributed by atoms with Crippen LogP contribution < -0.4 is 10.5 Å². The van der Waals surface area contributed by atoms with E-state index in [-0.39, 0.29) is 11.5 Å². The molecule has 2 aromatic heterocycles. The summed E-state index contributed by atoms with van der Waals surface area (Å²) in [5.74, 6) is -0.00445. The van der Waals surface area contributed by atoms with E-state index in [1.54, 1.807) is 31.3 Å². The second-order valence-electron chi connectivity index (χ2n) is 5.31. The molecule has 22 heavy (non-hydrogen) atoms. The predicted octanol–water partition coefficient (Wildman–Crippen LogP) is 0.258. The van der Waals surface area contributed by atoms with Crippen molar-refractivity contribution in [2.45, 2.75) is 13.0 Å². The molecule has 0 N–H and O–H groups in total. The van der Waals surface area contributed by atoms with Crippen LogP contribution in [0, 0.1) is 0 Å². The maximum atomic E-state index is 12.3. The minimum atomic E-state index is -0.119. The zero-order valence-corrected chi connectivity index (χ0v) is 13.3. The summed E-state index contributed by atoms with van der Waals surface area (Å²) in [5.41, 5.74) is 1.74. The lowest BCUT2D eigenvalue weighted by molar-refractivity contribution is -0.119. The quantitative estimate of drug-likeness (QED) is 0.811.